The van der Waals surface area contributed by atoms with Crippen LogP contribution in [0.5, 0.6) is 0 Å². The molecule has 0 aliphatic carbocycles. The quantitative estimate of drug-likeness (QED) is 0.338. The van der Waals surface area contributed by atoms with Gasteiger partial charge in [-0.2, -0.15) is 0 Å². The van der Waals surface area contributed by atoms with Crippen LogP contribution in [0.25, 0.3) is 6.58 Å². The molecule has 0 aromatic heterocycles. The Labute approximate surface area is 198 Å². The highest BCUT2D eigenvalue weighted by atomic mass is 32.2. The van der Waals surface area contributed by atoms with Crippen LogP contribution in [0.4, 0.5) is 11.4 Å². The monoisotopic (exact) mass is 448 g/mol. The predicted molar refractivity (Wildman–Crippen MR) is 136 cm³/mol. The van der Waals surface area contributed by atoms with Crippen molar-refractivity contribution in [1.82, 2.24) is 0 Å². The van der Waals surface area contributed by atoms with Crippen LogP contribution < -0.4 is 15.5 Å². The molecule has 0 radical (unpaired) electrons. The van der Waals surface area contributed by atoms with Crippen molar-refractivity contribution < 1.29 is 4.79 Å². The van der Waals surface area contributed by atoms with E-state index in [0.29, 0.717) is 11.1 Å². The van der Waals surface area contributed by atoms with Crippen molar-refractivity contribution in [2.45, 2.75) is 16.2 Å². The van der Waals surface area contributed by atoms with Crippen molar-refractivity contribution in [3.05, 3.63) is 118 Å². The van der Waals surface area contributed by atoms with Crippen molar-refractivity contribution in [1.29, 1.82) is 0 Å². The lowest BCUT2D eigenvalue weighted by Gasteiger charge is -2.23. The van der Waals surface area contributed by atoms with Crippen LogP contribution >= 0.6 is 11.8 Å². The summed E-state index contributed by atoms with van der Waals surface area (Å²) < 4.78 is 0. The Balaban J connectivity index is 1.51. The molecule has 0 unspecified atom stereocenters. The summed E-state index contributed by atoms with van der Waals surface area (Å²) in [6, 6.07) is 27.8. The van der Waals surface area contributed by atoms with Crippen molar-refractivity contribution in [3.8, 4) is 0 Å². The molecular weight excluding hydrogens is 424 g/mol. The van der Waals surface area contributed by atoms with Gasteiger partial charge in [0.2, 0.25) is 0 Å². The number of carbonyl (C=O) groups is 1. The van der Waals surface area contributed by atoms with E-state index in [1.807, 2.05) is 54.6 Å². The number of carbonyl (C=O) groups excluding carboxylic acids is 1. The van der Waals surface area contributed by atoms with Crippen LogP contribution in [0.1, 0.15) is 27.0 Å². The van der Waals surface area contributed by atoms with Crippen molar-refractivity contribution >= 4 is 35.5 Å². The zero-order valence-electron chi connectivity index (χ0n) is 18.7. The zero-order valence-corrected chi connectivity index (χ0v) is 19.5. The molecule has 4 aromatic rings. The third-order valence-corrected chi connectivity index (χ3v) is 7.01. The Bertz CT molecular complexity index is 1460. The van der Waals surface area contributed by atoms with Crippen molar-refractivity contribution in [2.75, 3.05) is 19.0 Å². The van der Waals surface area contributed by atoms with Gasteiger partial charge in [0.1, 0.15) is 0 Å². The molecule has 0 atom stereocenters. The molecule has 1 heterocycles. The normalized spacial score (nSPS) is 11.8. The van der Waals surface area contributed by atoms with E-state index in [9.17, 15) is 4.79 Å². The summed E-state index contributed by atoms with van der Waals surface area (Å²) in [5, 5.41) is 1.98. The molecule has 3 nitrogen and oxygen atoms in total. The summed E-state index contributed by atoms with van der Waals surface area (Å²) in [5.74, 6) is 0.0446. The van der Waals surface area contributed by atoms with Gasteiger partial charge in [-0.1, -0.05) is 79.0 Å². The largest absolute Gasteiger partial charge is 0.377 e. The van der Waals surface area contributed by atoms with Gasteiger partial charge in [0.05, 0.1) is 11.0 Å². The van der Waals surface area contributed by atoms with E-state index in [-0.39, 0.29) is 5.78 Å². The van der Waals surface area contributed by atoms with Gasteiger partial charge in [-0.3, -0.25) is 4.79 Å². The van der Waals surface area contributed by atoms with Gasteiger partial charge in [-0.25, -0.2) is 4.99 Å². The Morgan fingerprint density at radius 2 is 1.64 bits per heavy atom. The molecule has 0 bridgehead atoms. The molecule has 162 valence electrons. The summed E-state index contributed by atoms with van der Waals surface area (Å²) in [6.45, 7) is 4.07. The van der Waals surface area contributed by atoms with Crippen LogP contribution in [0.2, 0.25) is 0 Å². The van der Waals surface area contributed by atoms with Crippen LogP contribution in [0.3, 0.4) is 0 Å². The van der Waals surface area contributed by atoms with E-state index in [1.165, 1.54) is 16.1 Å². The van der Waals surface area contributed by atoms with Crippen molar-refractivity contribution in [3.63, 3.8) is 0 Å². The molecule has 0 fully saturated rings. The number of rotatable bonds is 5. The van der Waals surface area contributed by atoms with Crippen LogP contribution in [-0.4, -0.2) is 19.9 Å². The SMILES string of the molecule is C=c1ccc2c(c1)Sc1c(ccc(N(C)C)c1Cc1ccc(C(=O)c3ccccc3)cc1)N=2. The number of anilines is 1. The lowest BCUT2D eigenvalue weighted by molar-refractivity contribution is 0.103. The lowest BCUT2D eigenvalue weighted by Crippen LogP contribution is -2.15. The third kappa shape index (κ3) is 4.22. The van der Waals surface area contributed by atoms with Gasteiger partial charge >= 0.3 is 0 Å². The maximum absolute atomic E-state index is 12.8. The number of hydrogen-bond acceptors (Lipinski definition) is 4. The number of hydrogen-bond donors (Lipinski definition) is 0. The van der Waals surface area contributed by atoms with Gasteiger partial charge in [0.15, 0.2) is 5.78 Å². The Hall–Kier alpha value is -3.63. The minimum atomic E-state index is 0.0446. The van der Waals surface area contributed by atoms with E-state index in [4.69, 9.17) is 4.99 Å². The van der Waals surface area contributed by atoms with Gasteiger partial charge in [-0.05, 0) is 40.6 Å². The smallest absolute Gasteiger partial charge is 0.193 e. The van der Waals surface area contributed by atoms with Gasteiger partial charge in [0, 0.05) is 47.1 Å². The standard InChI is InChI=1S/C29H24N2OS/c1-19-9-14-24-27(17-19)33-29-23(26(31(2)3)16-15-25(29)30-24)18-20-10-12-22(13-11-20)28(32)21-7-5-4-6-8-21/h4-17H,1,18H2,2-3H3. The van der Waals surface area contributed by atoms with E-state index in [0.717, 1.165) is 33.1 Å². The van der Waals surface area contributed by atoms with Gasteiger partial charge < -0.3 is 4.90 Å². The highest BCUT2D eigenvalue weighted by molar-refractivity contribution is 7.99. The lowest BCUT2D eigenvalue weighted by atomic mass is 9.98. The van der Waals surface area contributed by atoms with Crippen LogP contribution in [0.15, 0.2) is 99.7 Å². The molecule has 1 aliphatic heterocycles. The fourth-order valence-corrected chi connectivity index (χ4v) is 5.27. The van der Waals surface area contributed by atoms with E-state index >= 15 is 0 Å². The Morgan fingerprint density at radius 3 is 2.36 bits per heavy atom. The molecule has 0 saturated heterocycles. The second-order valence-electron chi connectivity index (χ2n) is 8.39. The second-order valence-corrected chi connectivity index (χ2v) is 9.44. The van der Waals surface area contributed by atoms with Gasteiger partial charge in [0.25, 0.3) is 0 Å². The molecule has 0 N–H and O–H groups in total. The molecule has 4 heteroatoms. The maximum atomic E-state index is 12.8. The summed E-state index contributed by atoms with van der Waals surface area (Å²) in [4.78, 5) is 22.1. The minimum absolute atomic E-state index is 0.0446. The summed E-state index contributed by atoms with van der Waals surface area (Å²) in [6.07, 6.45) is 0.762. The maximum Gasteiger partial charge on any atom is 0.193 e. The van der Waals surface area contributed by atoms with E-state index < -0.39 is 0 Å². The zero-order chi connectivity index (χ0) is 22.9. The molecule has 0 saturated carbocycles. The molecule has 5 rings (SSSR count). The first-order valence-corrected chi connectivity index (χ1v) is 11.7. The number of nitrogens with zero attached hydrogens (tertiary/aromatic N) is 2. The molecule has 0 spiro atoms. The fraction of sp³-hybridized carbons (Fsp3) is 0.103. The number of ketones is 1. The fourth-order valence-electron chi connectivity index (χ4n) is 4.10. The number of fused-ring (bicyclic) bond motifs is 2. The first-order valence-electron chi connectivity index (χ1n) is 10.9. The summed E-state index contributed by atoms with van der Waals surface area (Å²) >= 11 is 1.76. The average Bonchev–Trinajstić information content (AvgIpc) is 2.83. The van der Waals surface area contributed by atoms with E-state index in [1.54, 1.807) is 11.8 Å². The Kier molecular flexibility index (Phi) is 5.61. The topological polar surface area (TPSA) is 32.7 Å². The minimum Gasteiger partial charge on any atom is -0.377 e. The molecule has 4 aromatic carbocycles. The van der Waals surface area contributed by atoms with E-state index in [2.05, 4.69) is 55.9 Å². The second kappa shape index (κ2) is 8.72. The Morgan fingerprint density at radius 1 is 0.909 bits per heavy atom. The summed E-state index contributed by atoms with van der Waals surface area (Å²) in [7, 11) is 4.14. The highest BCUT2D eigenvalue weighted by Gasteiger charge is 2.20. The average molecular weight is 449 g/mol. The molecule has 33 heavy (non-hydrogen) atoms. The first kappa shape index (κ1) is 21.2. The van der Waals surface area contributed by atoms with Crippen LogP contribution in [0, 0.1) is 0 Å². The van der Waals surface area contributed by atoms with Crippen LogP contribution in [-0.2, 0) is 6.42 Å². The van der Waals surface area contributed by atoms with Gasteiger partial charge in [-0.15, -0.1) is 0 Å². The summed E-state index contributed by atoms with van der Waals surface area (Å²) in [5.41, 5.74) is 5.99. The molecule has 0 amide bonds. The third-order valence-electron chi connectivity index (χ3n) is 5.81. The molecular formula is C29H24N2OS. The van der Waals surface area contributed by atoms with Crippen molar-refractivity contribution in [2.24, 2.45) is 4.99 Å². The highest BCUT2D eigenvalue weighted by Crippen LogP contribution is 2.43. The molecule has 1 aliphatic rings. The predicted octanol–water partition coefficient (Wildman–Crippen LogP) is 5.40. The number of benzene rings is 4. The first-order chi connectivity index (χ1) is 16.0.